The Kier molecular flexibility index (Phi) is 4.61. The topological polar surface area (TPSA) is 36.4 Å². The van der Waals surface area contributed by atoms with Crippen LogP contribution in [0.2, 0.25) is 0 Å². The highest BCUT2D eigenvalue weighted by Gasteiger charge is 2.20. The Bertz CT molecular complexity index is 447. The summed E-state index contributed by atoms with van der Waals surface area (Å²) in [4.78, 5) is 20.2. The summed E-state index contributed by atoms with van der Waals surface area (Å²) in [5.41, 5.74) is 0. The maximum absolute atomic E-state index is 12.0. The molecule has 0 aliphatic carbocycles. The number of halogens is 2. The zero-order valence-corrected chi connectivity index (χ0v) is 13.4. The lowest BCUT2D eigenvalue weighted by Gasteiger charge is -2.22. The first-order chi connectivity index (χ1) is 8.58. The molecule has 18 heavy (non-hydrogen) atoms. The largest absolute Gasteiger partial charge is 0.349 e. The van der Waals surface area contributed by atoms with Crippen LogP contribution in [0.3, 0.4) is 0 Å². The fourth-order valence-electron chi connectivity index (χ4n) is 2.03. The van der Waals surface area contributed by atoms with E-state index in [9.17, 15) is 4.79 Å². The van der Waals surface area contributed by atoms with E-state index in [1.165, 1.54) is 0 Å². The van der Waals surface area contributed by atoms with Gasteiger partial charge in [-0.2, -0.15) is 0 Å². The lowest BCUT2D eigenvalue weighted by atomic mass is 10.4. The van der Waals surface area contributed by atoms with Gasteiger partial charge in [0.25, 0.3) is 0 Å². The molecule has 1 fully saturated rings. The van der Waals surface area contributed by atoms with Gasteiger partial charge in [0, 0.05) is 30.8 Å². The standard InChI is InChI=1S/C12H15Br2N3O/c1-16(8-11(18)17-4-2-3-5-17)12-10(14)6-9(13)7-15-12/h6-7H,2-5,8H2,1H3. The maximum atomic E-state index is 12.0. The smallest absolute Gasteiger partial charge is 0.242 e. The van der Waals surface area contributed by atoms with Gasteiger partial charge in [0.05, 0.1) is 11.0 Å². The number of likely N-dealkylation sites (N-methyl/N-ethyl adjacent to an activating group) is 1. The Labute approximate surface area is 124 Å². The molecule has 1 aliphatic heterocycles. The molecule has 1 saturated heterocycles. The Balaban J connectivity index is 2.02. The van der Waals surface area contributed by atoms with E-state index >= 15 is 0 Å². The molecule has 1 aromatic rings. The second-order valence-corrected chi connectivity index (χ2v) is 6.17. The fraction of sp³-hybridized carbons (Fsp3) is 0.500. The van der Waals surface area contributed by atoms with Crippen LogP contribution >= 0.6 is 31.9 Å². The summed E-state index contributed by atoms with van der Waals surface area (Å²) in [7, 11) is 1.88. The molecule has 0 saturated carbocycles. The molecule has 1 aliphatic rings. The normalized spacial score (nSPS) is 14.9. The predicted octanol–water partition coefficient (Wildman–Crippen LogP) is 2.67. The Hall–Kier alpha value is -0.620. The van der Waals surface area contributed by atoms with Crippen molar-refractivity contribution in [2.75, 3.05) is 31.6 Å². The van der Waals surface area contributed by atoms with Crippen LogP contribution in [0.5, 0.6) is 0 Å². The second kappa shape index (κ2) is 6.02. The van der Waals surface area contributed by atoms with Crippen molar-refractivity contribution in [3.05, 3.63) is 21.2 Å². The third-order valence-electron chi connectivity index (χ3n) is 2.98. The van der Waals surface area contributed by atoms with E-state index in [0.29, 0.717) is 6.54 Å². The van der Waals surface area contributed by atoms with Gasteiger partial charge in [0.1, 0.15) is 5.82 Å². The first-order valence-corrected chi connectivity index (χ1v) is 7.46. The maximum Gasteiger partial charge on any atom is 0.242 e. The molecule has 2 rings (SSSR count). The van der Waals surface area contributed by atoms with E-state index < -0.39 is 0 Å². The van der Waals surface area contributed by atoms with Gasteiger partial charge in [-0.15, -0.1) is 0 Å². The van der Waals surface area contributed by atoms with Crippen LogP contribution in [0.1, 0.15) is 12.8 Å². The molecule has 1 aromatic heterocycles. The average Bonchev–Trinajstić information content (AvgIpc) is 2.81. The van der Waals surface area contributed by atoms with E-state index in [-0.39, 0.29) is 5.91 Å². The SMILES string of the molecule is CN(CC(=O)N1CCCC1)c1ncc(Br)cc1Br. The van der Waals surface area contributed by atoms with Crippen LogP contribution in [0.15, 0.2) is 21.2 Å². The summed E-state index contributed by atoms with van der Waals surface area (Å²) in [5, 5.41) is 0. The zero-order chi connectivity index (χ0) is 13.1. The number of aromatic nitrogens is 1. The van der Waals surface area contributed by atoms with Gasteiger partial charge < -0.3 is 9.80 Å². The van der Waals surface area contributed by atoms with Crippen molar-refractivity contribution in [1.29, 1.82) is 0 Å². The third kappa shape index (κ3) is 3.23. The van der Waals surface area contributed by atoms with Crippen molar-refractivity contribution in [2.24, 2.45) is 0 Å². The van der Waals surface area contributed by atoms with Crippen molar-refractivity contribution >= 4 is 43.6 Å². The zero-order valence-electron chi connectivity index (χ0n) is 10.2. The molecule has 0 unspecified atom stereocenters. The van der Waals surface area contributed by atoms with Gasteiger partial charge in [-0.05, 0) is 50.8 Å². The van der Waals surface area contributed by atoms with Crippen LogP contribution < -0.4 is 4.90 Å². The minimum Gasteiger partial charge on any atom is -0.349 e. The van der Waals surface area contributed by atoms with E-state index in [1.54, 1.807) is 6.20 Å². The summed E-state index contributed by atoms with van der Waals surface area (Å²) in [6, 6.07) is 1.93. The number of carbonyl (C=O) groups is 1. The van der Waals surface area contributed by atoms with Gasteiger partial charge in [-0.25, -0.2) is 4.98 Å². The third-order valence-corrected chi connectivity index (χ3v) is 4.00. The second-order valence-electron chi connectivity index (χ2n) is 4.40. The molecular formula is C12H15Br2N3O. The van der Waals surface area contributed by atoms with Crippen molar-refractivity contribution in [3.63, 3.8) is 0 Å². The highest BCUT2D eigenvalue weighted by atomic mass is 79.9. The Morgan fingerprint density at radius 1 is 1.44 bits per heavy atom. The number of hydrogen-bond donors (Lipinski definition) is 0. The number of pyridine rings is 1. The number of rotatable bonds is 3. The van der Waals surface area contributed by atoms with E-state index in [4.69, 9.17) is 0 Å². The Morgan fingerprint density at radius 3 is 2.72 bits per heavy atom. The highest BCUT2D eigenvalue weighted by molar-refractivity contribution is 9.11. The summed E-state index contributed by atoms with van der Waals surface area (Å²) in [6.07, 6.45) is 3.97. The van der Waals surface area contributed by atoms with E-state index in [2.05, 4.69) is 36.8 Å². The number of anilines is 1. The molecule has 6 heteroatoms. The molecule has 0 aromatic carbocycles. The van der Waals surface area contributed by atoms with Gasteiger partial charge in [0.2, 0.25) is 5.91 Å². The molecular weight excluding hydrogens is 362 g/mol. The molecule has 0 radical (unpaired) electrons. The van der Waals surface area contributed by atoms with Crippen molar-refractivity contribution < 1.29 is 4.79 Å². The lowest BCUT2D eigenvalue weighted by molar-refractivity contribution is -0.128. The molecule has 98 valence electrons. The molecule has 0 atom stereocenters. The number of amides is 1. The van der Waals surface area contributed by atoms with Crippen molar-refractivity contribution in [3.8, 4) is 0 Å². The monoisotopic (exact) mass is 375 g/mol. The molecule has 2 heterocycles. The van der Waals surface area contributed by atoms with Gasteiger partial charge >= 0.3 is 0 Å². The number of likely N-dealkylation sites (tertiary alicyclic amines) is 1. The Morgan fingerprint density at radius 2 is 2.11 bits per heavy atom. The first kappa shape index (κ1) is 13.8. The first-order valence-electron chi connectivity index (χ1n) is 5.88. The van der Waals surface area contributed by atoms with Crippen LogP contribution in [0, 0.1) is 0 Å². The van der Waals surface area contributed by atoms with Gasteiger partial charge in [0.15, 0.2) is 0 Å². The predicted molar refractivity (Wildman–Crippen MR) is 78.7 cm³/mol. The molecule has 0 spiro atoms. The molecule has 0 N–H and O–H groups in total. The number of hydrogen-bond acceptors (Lipinski definition) is 3. The van der Waals surface area contributed by atoms with Gasteiger partial charge in [-0.1, -0.05) is 0 Å². The quantitative estimate of drug-likeness (QED) is 0.813. The molecule has 0 bridgehead atoms. The molecule has 4 nitrogen and oxygen atoms in total. The average molecular weight is 377 g/mol. The summed E-state index contributed by atoms with van der Waals surface area (Å²) < 4.78 is 1.80. The van der Waals surface area contributed by atoms with Crippen LogP contribution in [-0.4, -0.2) is 42.5 Å². The fourth-order valence-corrected chi connectivity index (χ4v) is 3.32. The number of carbonyl (C=O) groups excluding carboxylic acids is 1. The lowest BCUT2D eigenvalue weighted by Crippen LogP contribution is -2.37. The van der Waals surface area contributed by atoms with Crippen LogP contribution in [-0.2, 0) is 4.79 Å². The summed E-state index contributed by atoms with van der Waals surface area (Å²) >= 11 is 6.83. The van der Waals surface area contributed by atoms with E-state index in [1.807, 2.05) is 22.9 Å². The van der Waals surface area contributed by atoms with E-state index in [0.717, 1.165) is 40.7 Å². The van der Waals surface area contributed by atoms with Crippen LogP contribution in [0.25, 0.3) is 0 Å². The minimum atomic E-state index is 0.173. The summed E-state index contributed by atoms with van der Waals surface area (Å²) in [6.45, 7) is 2.15. The van der Waals surface area contributed by atoms with Crippen LogP contribution in [0.4, 0.5) is 5.82 Å². The molecule has 1 amide bonds. The van der Waals surface area contributed by atoms with Crippen molar-refractivity contribution in [1.82, 2.24) is 9.88 Å². The van der Waals surface area contributed by atoms with Crippen molar-refractivity contribution in [2.45, 2.75) is 12.8 Å². The van der Waals surface area contributed by atoms with Gasteiger partial charge in [-0.3, -0.25) is 4.79 Å². The minimum absolute atomic E-state index is 0.173. The highest BCUT2D eigenvalue weighted by Crippen LogP contribution is 2.26. The summed E-state index contributed by atoms with van der Waals surface area (Å²) in [5.74, 6) is 0.956. The number of nitrogens with zero attached hydrogens (tertiary/aromatic N) is 3.